The minimum Gasteiger partial charge on any atom is -0.491 e. The molecule has 0 bridgehead atoms. The van der Waals surface area contributed by atoms with Crippen LogP contribution in [-0.4, -0.2) is 19.1 Å². The summed E-state index contributed by atoms with van der Waals surface area (Å²) in [4.78, 5) is 11.6. The molecule has 3 N–H and O–H groups in total. The molecule has 4 heteroatoms. The lowest BCUT2D eigenvalue weighted by atomic mass is 10.1. The van der Waals surface area contributed by atoms with Crippen molar-refractivity contribution in [1.29, 1.82) is 0 Å². The van der Waals surface area contributed by atoms with Crippen molar-refractivity contribution in [2.24, 2.45) is 0 Å². The number of nitrogens with two attached hydrogens (primary N) is 1. The molecule has 0 saturated heterocycles. The van der Waals surface area contributed by atoms with E-state index in [1.807, 2.05) is 43.3 Å². The van der Waals surface area contributed by atoms with Crippen LogP contribution in [0, 0.1) is 0 Å². The summed E-state index contributed by atoms with van der Waals surface area (Å²) in [5.41, 5.74) is 8.97. The van der Waals surface area contributed by atoms with Gasteiger partial charge >= 0.3 is 0 Å². The van der Waals surface area contributed by atoms with E-state index in [2.05, 4.69) is 17.4 Å². The Bertz CT molecular complexity index is 641. The zero-order valence-corrected chi connectivity index (χ0v) is 14.3. The van der Waals surface area contributed by atoms with Gasteiger partial charge in [0.15, 0.2) is 0 Å². The molecule has 0 fully saturated rings. The third-order valence-electron chi connectivity index (χ3n) is 3.78. The SMILES string of the molecule is CCCNC(=O)CCc1ccc(OCCc2ccccc2)c(N)c1. The smallest absolute Gasteiger partial charge is 0.220 e. The van der Waals surface area contributed by atoms with E-state index in [-0.39, 0.29) is 5.91 Å². The monoisotopic (exact) mass is 326 g/mol. The van der Waals surface area contributed by atoms with Crippen molar-refractivity contribution < 1.29 is 9.53 Å². The highest BCUT2D eigenvalue weighted by Crippen LogP contribution is 2.23. The third kappa shape index (κ3) is 5.95. The highest BCUT2D eigenvalue weighted by molar-refractivity contribution is 5.76. The van der Waals surface area contributed by atoms with Gasteiger partial charge in [0, 0.05) is 19.4 Å². The molecule has 0 aliphatic carbocycles. The summed E-state index contributed by atoms with van der Waals surface area (Å²) < 4.78 is 5.77. The average Bonchev–Trinajstić information content (AvgIpc) is 2.60. The molecule has 0 aliphatic heterocycles. The molecule has 128 valence electrons. The maximum atomic E-state index is 11.6. The Balaban J connectivity index is 1.80. The van der Waals surface area contributed by atoms with Gasteiger partial charge in [0.2, 0.25) is 5.91 Å². The van der Waals surface area contributed by atoms with Crippen molar-refractivity contribution >= 4 is 11.6 Å². The van der Waals surface area contributed by atoms with E-state index < -0.39 is 0 Å². The lowest BCUT2D eigenvalue weighted by Gasteiger charge is -2.11. The summed E-state index contributed by atoms with van der Waals surface area (Å²) in [6.07, 6.45) is 2.96. The number of anilines is 1. The molecular weight excluding hydrogens is 300 g/mol. The number of nitrogens with one attached hydrogen (secondary N) is 1. The Labute approximate surface area is 144 Å². The first-order chi connectivity index (χ1) is 11.7. The van der Waals surface area contributed by atoms with E-state index in [9.17, 15) is 4.79 Å². The van der Waals surface area contributed by atoms with Crippen LogP contribution in [0.3, 0.4) is 0 Å². The zero-order valence-electron chi connectivity index (χ0n) is 14.3. The van der Waals surface area contributed by atoms with Crippen LogP contribution < -0.4 is 15.8 Å². The second-order valence-corrected chi connectivity index (χ2v) is 5.81. The van der Waals surface area contributed by atoms with E-state index in [1.54, 1.807) is 0 Å². The first kappa shape index (κ1) is 17.9. The summed E-state index contributed by atoms with van der Waals surface area (Å²) in [5, 5.41) is 2.88. The number of hydrogen-bond acceptors (Lipinski definition) is 3. The van der Waals surface area contributed by atoms with Gasteiger partial charge in [0.1, 0.15) is 5.75 Å². The van der Waals surface area contributed by atoms with Gasteiger partial charge in [-0.3, -0.25) is 4.79 Å². The van der Waals surface area contributed by atoms with Gasteiger partial charge in [-0.15, -0.1) is 0 Å². The van der Waals surface area contributed by atoms with Gasteiger partial charge in [-0.1, -0.05) is 43.3 Å². The predicted molar refractivity (Wildman–Crippen MR) is 98.1 cm³/mol. The lowest BCUT2D eigenvalue weighted by Crippen LogP contribution is -2.24. The van der Waals surface area contributed by atoms with E-state index in [0.717, 1.165) is 24.9 Å². The van der Waals surface area contributed by atoms with Crippen LogP contribution in [0.25, 0.3) is 0 Å². The van der Waals surface area contributed by atoms with Crippen LogP contribution in [0.5, 0.6) is 5.75 Å². The average molecular weight is 326 g/mol. The van der Waals surface area contributed by atoms with E-state index in [4.69, 9.17) is 10.5 Å². The van der Waals surface area contributed by atoms with Crippen LogP contribution >= 0.6 is 0 Å². The number of carbonyl (C=O) groups excluding carboxylic acids is 1. The first-order valence-electron chi connectivity index (χ1n) is 8.51. The molecular formula is C20H26N2O2. The maximum absolute atomic E-state index is 11.6. The predicted octanol–water partition coefficient (Wildman–Crippen LogP) is 3.35. The molecule has 4 nitrogen and oxygen atoms in total. The molecule has 0 spiro atoms. The van der Waals surface area contributed by atoms with E-state index >= 15 is 0 Å². The number of rotatable bonds is 9. The van der Waals surface area contributed by atoms with Crippen molar-refractivity contribution in [2.75, 3.05) is 18.9 Å². The van der Waals surface area contributed by atoms with Crippen LogP contribution in [0.2, 0.25) is 0 Å². The fourth-order valence-corrected chi connectivity index (χ4v) is 2.42. The number of ether oxygens (including phenoxy) is 1. The Kier molecular flexibility index (Phi) is 7.15. The second kappa shape index (κ2) is 9.60. The van der Waals surface area contributed by atoms with Crippen molar-refractivity contribution in [3.05, 3.63) is 59.7 Å². The molecule has 0 heterocycles. The Morgan fingerprint density at radius 2 is 1.88 bits per heavy atom. The highest BCUT2D eigenvalue weighted by Gasteiger charge is 2.05. The fourth-order valence-electron chi connectivity index (χ4n) is 2.42. The molecule has 2 rings (SSSR count). The standard InChI is InChI=1S/C20H26N2O2/c1-2-13-22-20(23)11-9-17-8-10-19(18(21)15-17)24-14-12-16-6-4-3-5-7-16/h3-8,10,15H,2,9,11-14,21H2,1H3,(H,22,23). The third-order valence-corrected chi connectivity index (χ3v) is 3.78. The molecule has 0 aliphatic rings. The molecule has 1 amide bonds. The molecule has 2 aromatic carbocycles. The van der Waals surface area contributed by atoms with Crippen molar-refractivity contribution in [2.45, 2.75) is 32.6 Å². The minimum atomic E-state index is 0.0820. The molecule has 2 aromatic rings. The van der Waals surface area contributed by atoms with Gasteiger partial charge in [0.25, 0.3) is 0 Å². The second-order valence-electron chi connectivity index (χ2n) is 5.81. The molecule has 0 unspecified atom stereocenters. The van der Waals surface area contributed by atoms with E-state index in [0.29, 0.717) is 30.9 Å². The van der Waals surface area contributed by atoms with Gasteiger partial charge in [-0.25, -0.2) is 0 Å². The van der Waals surface area contributed by atoms with Gasteiger partial charge in [-0.2, -0.15) is 0 Å². The van der Waals surface area contributed by atoms with Crippen molar-refractivity contribution in [3.63, 3.8) is 0 Å². The number of hydrogen-bond donors (Lipinski definition) is 2. The molecule has 24 heavy (non-hydrogen) atoms. The largest absolute Gasteiger partial charge is 0.491 e. The number of aryl methyl sites for hydroxylation is 1. The zero-order chi connectivity index (χ0) is 17.2. The molecule has 0 atom stereocenters. The topological polar surface area (TPSA) is 64.3 Å². The fraction of sp³-hybridized carbons (Fsp3) is 0.350. The number of amides is 1. The maximum Gasteiger partial charge on any atom is 0.220 e. The summed E-state index contributed by atoms with van der Waals surface area (Å²) in [6, 6.07) is 16.0. The number of nitrogen functional groups attached to an aromatic ring is 1. The van der Waals surface area contributed by atoms with Crippen LogP contribution in [-0.2, 0) is 17.6 Å². The van der Waals surface area contributed by atoms with Crippen molar-refractivity contribution in [3.8, 4) is 5.75 Å². The van der Waals surface area contributed by atoms with Crippen LogP contribution in [0.15, 0.2) is 48.5 Å². The quantitative estimate of drug-likeness (QED) is 0.695. The van der Waals surface area contributed by atoms with Crippen LogP contribution in [0.4, 0.5) is 5.69 Å². The summed E-state index contributed by atoms with van der Waals surface area (Å²) >= 11 is 0. The van der Waals surface area contributed by atoms with Crippen molar-refractivity contribution in [1.82, 2.24) is 5.32 Å². The van der Waals surface area contributed by atoms with Gasteiger partial charge in [0.05, 0.1) is 12.3 Å². The number of carbonyl (C=O) groups is 1. The Morgan fingerprint density at radius 1 is 1.08 bits per heavy atom. The van der Waals surface area contributed by atoms with Gasteiger partial charge in [-0.05, 0) is 36.1 Å². The normalized spacial score (nSPS) is 10.4. The lowest BCUT2D eigenvalue weighted by molar-refractivity contribution is -0.121. The molecule has 0 aromatic heterocycles. The minimum absolute atomic E-state index is 0.0820. The summed E-state index contributed by atoms with van der Waals surface area (Å²) in [5.74, 6) is 0.781. The summed E-state index contributed by atoms with van der Waals surface area (Å²) in [6.45, 7) is 3.36. The van der Waals surface area contributed by atoms with Gasteiger partial charge < -0.3 is 15.8 Å². The Hall–Kier alpha value is -2.49. The first-order valence-corrected chi connectivity index (χ1v) is 8.51. The van der Waals surface area contributed by atoms with E-state index in [1.165, 1.54) is 5.56 Å². The summed E-state index contributed by atoms with van der Waals surface area (Å²) in [7, 11) is 0. The van der Waals surface area contributed by atoms with Crippen LogP contribution in [0.1, 0.15) is 30.9 Å². The Morgan fingerprint density at radius 3 is 2.58 bits per heavy atom. The molecule has 0 saturated carbocycles. The molecule has 0 radical (unpaired) electrons. The number of benzene rings is 2. The highest BCUT2D eigenvalue weighted by atomic mass is 16.5.